The quantitative estimate of drug-likeness (QED) is 0.0172. The van der Waals surface area contributed by atoms with Crippen molar-refractivity contribution in [3.63, 3.8) is 0 Å². The fourth-order valence-electron chi connectivity index (χ4n) is 9.16. The third-order valence-electron chi connectivity index (χ3n) is 13.9. The SMILES string of the molecule is CC/C=C\C/C=C\C/C=C\C/C=C\CCCCCCCCCCCOCC(COC1OC(COC2OC(CO)C(O)C(O)C2O)C(O)C(O)C1O)OC(=O)CCCCCCCCCCCCCCCCCCC. The van der Waals surface area contributed by atoms with E-state index in [0.29, 0.717) is 13.0 Å². The molecule has 2 fully saturated rings. The van der Waals surface area contributed by atoms with Crippen molar-refractivity contribution in [2.45, 2.75) is 287 Å². The summed E-state index contributed by atoms with van der Waals surface area (Å²) in [6, 6.07) is 0. The molecule has 14 nitrogen and oxygen atoms in total. The van der Waals surface area contributed by atoms with Gasteiger partial charge in [-0.1, -0.05) is 210 Å². The smallest absolute Gasteiger partial charge is 0.306 e. The van der Waals surface area contributed by atoms with Crippen LogP contribution in [0.4, 0.5) is 0 Å². The fraction of sp³-hybridized carbons (Fsp3) is 0.847. The summed E-state index contributed by atoms with van der Waals surface area (Å²) in [5.41, 5.74) is 0. The first-order chi connectivity index (χ1) is 35.6. The number of aliphatic hydroxyl groups excluding tert-OH is 7. The largest absolute Gasteiger partial charge is 0.457 e. The van der Waals surface area contributed by atoms with E-state index in [-0.39, 0.29) is 25.6 Å². The Morgan fingerprint density at radius 1 is 0.466 bits per heavy atom. The Morgan fingerprint density at radius 2 is 0.890 bits per heavy atom. The zero-order chi connectivity index (χ0) is 53.0. The number of esters is 1. The second kappa shape index (κ2) is 46.1. The minimum absolute atomic E-state index is 0.0589. The van der Waals surface area contributed by atoms with E-state index in [1.807, 2.05) is 0 Å². The molecule has 0 bridgehead atoms. The van der Waals surface area contributed by atoms with Crippen LogP contribution in [0.5, 0.6) is 0 Å². The molecule has 0 aromatic carbocycles. The second-order valence-electron chi connectivity index (χ2n) is 20.4. The van der Waals surface area contributed by atoms with Crippen molar-refractivity contribution < 1.29 is 69.0 Å². The molecule has 0 aliphatic carbocycles. The number of hydrogen-bond acceptors (Lipinski definition) is 14. The summed E-state index contributed by atoms with van der Waals surface area (Å²) in [5.74, 6) is -0.376. The molecule has 14 heteroatoms. The number of allylic oxidation sites excluding steroid dienone is 8. The zero-order valence-corrected chi connectivity index (χ0v) is 45.6. The summed E-state index contributed by atoms with van der Waals surface area (Å²) < 4.78 is 34.4. The second-order valence-corrected chi connectivity index (χ2v) is 20.4. The molecule has 73 heavy (non-hydrogen) atoms. The first-order valence-corrected chi connectivity index (χ1v) is 29.2. The van der Waals surface area contributed by atoms with Crippen LogP contribution in [0, 0.1) is 0 Å². The monoisotopic (exact) mass is 1040 g/mol. The van der Waals surface area contributed by atoms with Crippen molar-refractivity contribution in [2.24, 2.45) is 0 Å². The van der Waals surface area contributed by atoms with Gasteiger partial charge in [0.15, 0.2) is 12.6 Å². The van der Waals surface area contributed by atoms with Crippen LogP contribution in [0.1, 0.15) is 219 Å². The number of hydrogen-bond donors (Lipinski definition) is 7. The van der Waals surface area contributed by atoms with Gasteiger partial charge in [-0.2, -0.15) is 0 Å². The van der Waals surface area contributed by atoms with Gasteiger partial charge in [-0.3, -0.25) is 4.79 Å². The van der Waals surface area contributed by atoms with Gasteiger partial charge in [0.2, 0.25) is 0 Å². The molecule has 2 heterocycles. The van der Waals surface area contributed by atoms with E-state index in [4.69, 9.17) is 28.4 Å². The highest BCUT2D eigenvalue weighted by Gasteiger charge is 2.47. The molecule has 11 atom stereocenters. The van der Waals surface area contributed by atoms with Crippen LogP contribution >= 0.6 is 0 Å². The Bertz CT molecular complexity index is 1390. The predicted molar refractivity (Wildman–Crippen MR) is 289 cm³/mol. The number of rotatable bonds is 47. The topological polar surface area (TPSA) is 214 Å². The van der Waals surface area contributed by atoms with E-state index in [1.165, 1.54) is 122 Å². The summed E-state index contributed by atoms with van der Waals surface area (Å²) >= 11 is 0. The Balaban J connectivity index is 1.71. The van der Waals surface area contributed by atoms with E-state index in [9.17, 15) is 40.5 Å². The lowest BCUT2D eigenvalue weighted by atomic mass is 9.98. The Labute approximate surface area is 442 Å². The lowest BCUT2D eigenvalue weighted by Crippen LogP contribution is -2.61. The Hall–Kier alpha value is -2.05. The summed E-state index contributed by atoms with van der Waals surface area (Å²) in [4.78, 5) is 13.1. The molecule has 2 aliphatic rings. The summed E-state index contributed by atoms with van der Waals surface area (Å²) in [6.45, 7) is 3.59. The van der Waals surface area contributed by atoms with Crippen molar-refractivity contribution in [1.29, 1.82) is 0 Å². The van der Waals surface area contributed by atoms with Crippen molar-refractivity contribution in [2.75, 3.05) is 33.0 Å². The number of ether oxygens (including phenoxy) is 6. The lowest BCUT2D eigenvalue weighted by molar-refractivity contribution is -0.332. The maximum absolute atomic E-state index is 13.1. The molecular formula is C59H106O14. The van der Waals surface area contributed by atoms with Gasteiger partial charge in [0.05, 0.1) is 26.4 Å². The van der Waals surface area contributed by atoms with Crippen molar-refractivity contribution in [3.8, 4) is 0 Å². The molecule has 0 radical (unpaired) electrons. The van der Waals surface area contributed by atoms with Crippen LogP contribution in [0.25, 0.3) is 0 Å². The molecule has 0 aromatic heterocycles. The summed E-state index contributed by atoms with van der Waals surface area (Å²) in [5, 5.41) is 72.3. The number of aliphatic hydroxyl groups is 7. The lowest BCUT2D eigenvalue weighted by Gasteiger charge is -2.42. The van der Waals surface area contributed by atoms with E-state index >= 15 is 0 Å². The summed E-state index contributed by atoms with van der Waals surface area (Å²) in [6.07, 6.45) is 38.8. The van der Waals surface area contributed by atoms with E-state index < -0.39 is 80.7 Å². The van der Waals surface area contributed by atoms with Crippen molar-refractivity contribution in [3.05, 3.63) is 48.6 Å². The predicted octanol–water partition coefficient (Wildman–Crippen LogP) is 10.3. The highest BCUT2D eigenvalue weighted by Crippen LogP contribution is 2.27. The number of carbonyl (C=O) groups excluding carboxylic acids is 1. The molecule has 2 saturated heterocycles. The third kappa shape index (κ3) is 33.0. The third-order valence-corrected chi connectivity index (χ3v) is 13.9. The maximum atomic E-state index is 13.1. The maximum Gasteiger partial charge on any atom is 0.306 e. The molecule has 426 valence electrons. The average molecular weight is 1040 g/mol. The van der Waals surface area contributed by atoms with Crippen molar-refractivity contribution in [1.82, 2.24) is 0 Å². The Kier molecular flexibility index (Phi) is 42.3. The molecule has 0 amide bonds. The molecule has 11 unspecified atom stereocenters. The minimum atomic E-state index is -1.71. The molecular weight excluding hydrogens is 933 g/mol. The standard InChI is InChI=1S/C59H106O14/c1-3-5-7-9-11-13-15-17-19-21-22-23-24-25-27-29-31-33-35-37-39-41-43-68-45-48(71-51(61)42-40-38-36-34-32-30-28-26-20-18-16-14-12-10-8-6-4-2)46-69-58-57(67)55(65)53(63)50(73-58)47-70-59-56(66)54(64)52(62)49(44-60)72-59/h5,7,11,13,17,19,22-23,48-50,52-60,62-67H,3-4,6,8-10,12,14-16,18,20-21,24-47H2,1-2H3/b7-5-,13-11-,19-17-,23-22-. The van der Waals surface area contributed by atoms with Crippen LogP contribution in [-0.2, 0) is 33.2 Å². The molecule has 0 aromatic rings. The summed E-state index contributed by atoms with van der Waals surface area (Å²) in [7, 11) is 0. The number of carbonyl (C=O) groups is 1. The van der Waals surface area contributed by atoms with Gasteiger partial charge in [0, 0.05) is 13.0 Å². The first kappa shape index (κ1) is 67.1. The molecule has 2 aliphatic heterocycles. The van der Waals surface area contributed by atoms with Crippen LogP contribution in [-0.4, -0.2) is 142 Å². The van der Waals surface area contributed by atoms with Crippen LogP contribution in [0.15, 0.2) is 48.6 Å². The number of unbranched alkanes of at least 4 members (excludes halogenated alkanes) is 25. The highest BCUT2D eigenvalue weighted by molar-refractivity contribution is 5.69. The zero-order valence-electron chi connectivity index (χ0n) is 45.6. The normalized spacial score (nSPS) is 25.3. The molecule has 0 spiro atoms. The van der Waals surface area contributed by atoms with Crippen LogP contribution in [0.2, 0.25) is 0 Å². The fourth-order valence-corrected chi connectivity index (χ4v) is 9.16. The van der Waals surface area contributed by atoms with Gasteiger partial charge in [-0.15, -0.1) is 0 Å². The van der Waals surface area contributed by atoms with Crippen LogP contribution < -0.4 is 0 Å². The van der Waals surface area contributed by atoms with Gasteiger partial charge in [0.1, 0.15) is 54.9 Å². The average Bonchev–Trinajstić information content (AvgIpc) is 3.39. The van der Waals surface area contributed by atoms with Gasteiger partial charge < -0.3 is 64.2 Å². The van der Waals surface area contributed by atoms with Gasteiger partial charge in [-0.05, 0) is 51.4 Å². The van der Waals surface area contributed by atoms with Gasteiger partial charge in [0.25, 0.3) is 0 Å². The molecule has 7 N–H and O–H groups in total. The van der Waals surface area contributed by atoms with Crippen molar-refractivity contribution >= 4 is 5.97 Å². The van der Waals surface area contributed by atoms with Crippen LogP contribution in [0.3, 0.4) is 0 Å². The van der Waals surface area contributed by atoms with E-state index in [2.05, 4.69) is 62.5 Å². The van der Waals surface area contributed by atoms with E-state index in [0.717, 1.165) is 70.6 Å². The molecule has 2 rings (SSSR count). The Morgan fingerprint density at radius 3 is 1.40 bits per heavy atom. The van der Waals surface area contributed by atoms with Gasteiger partial charge in [-0.25, -0.2) is 0 Å². The molecule has 0 saturated carbocycles. The minimum Gasteiger partial charge on any atom is -0.457 e. The highest BCUT2D eigenvalue weighted by atomic mass is 16.7. The van der Waals surface area contributed by atoms with Gasteiger partial charge >= 0.3 is 5.97 Å². The first-order valence-electron chi connectivity index (χ1n) is 29.2. The van der Waals surface area contributed by atoms with E-state index in [1.54, 1.807) is 0 Å².